The second-order valence-electron chi connectivity index (χ2n) is 12.9. The molecule has 1 aromatic carbocycles. The van der Waals surface area contributed by atoms with Crippen LogP contribution >= 0.6 is 23.1 Å². The number of nitrogen functional groups attached to an aromatic ring is 1. The molecule has 5 rings (SSSR count). The molecule has 296 valence electrons. The molecule has 5 atom stereocenters. The highest BCUT2D eigenvalue weighted by Crippen LogP contribution is 2.45. The van der Waals surface area contributed by atoms with E-state index in [-0.39, 0.29) is 41.2 Å². The van der Waals surface area contributed by atoms with Gasteiger partial charge in [-0.1, -0.05) is 12.1 Å². The number of rotatable bonds is 16. The molecule has 2 saturated heterocycles. The Hall–Kier alpha value is -5.48. The summed E-state index contributed by atoms with van der Waals surface area (Å²) >= 11 is 2.14. The molecular formula is C33H38FN7O12S2. The third kappa shape index (κ3) is 8.75. The van der Waals surface area contributed by atoms with Crippen LogP contribution in [0.5, 0.6) is 11.5 Å². The van der Waals surface area contributed by atoms with E-state index in [0.717, 1.165) is 34.8 Å². The minimum atomic E-state index is -1.96. The lowest BCUT2D eigenvalue weighted by atomic mass is 9.99. The van der Waals surface area contributed by atoms with Crippen molar-refractivity contribution >= 4 is 69.6 Å². The fourth-order valence-corrected chi connectivity index (χ4v) is 8.52. The molecule has 3 aliphatic rings. The van der Waals surface area contributed by atoms with E-state index in [4.69, 9.17) is 15.7 Å². The van der Waals surface area contributed by atoms with Crippen LogP contribution in [0.15, 0.2) is 33.9 Å². The number of carbonyl (C=O) groups excluding carboxylic acids is 3. The van der Waals surface area contributed by atoms with Gasteiger partial charge in [0.2, 0.25) is 6.10 Å². The van der Waals surface area contributed by atoms with Crippen molar-refractivity contribution in [3.8, 4) is 11.5 Å². The van der Waals surface area contributed by atoms with Crippen LogP contribution < -0.4 is 11.1 Å². The summed E-state index contributed by atoms with van der Waals surface area (Å²) in [6.45, 7) is 4.81. The van der Waals surface area contributed by atoms with Crippen molar-refractivity contribution in [3.05, 3.63) is 45.9 Å². The highest BCUT2D eigenvalue weighted by atomic mass is 32.2. The summed E-state index contributed by atoms with van der Waals surface area (Å²) in [7, 11) is 0. The molecule has 2 fully saturated rings. The topological polar surface area (TPSA) is 286 Å². The Morgan fingerprint density at radius 2 is 1.93 bits per heavy atom. The summed E-state index contributed by atoms with van der Waals surface area (Å²) in [4.78, 5) is 89.3. The van der Waals surface area contributed by atoms with Gasteiger partial charge in [-0.05, 0) is 50.4 Å². The number of thioether (sulfide) groups is 1. The Balaban J connectivity index is 1.33. The van der Waals surface area contributed by atoms with Crippen molar-refractivity contribution in [1.29, 1.82) is 0 Å². The molecule has 0 unspecified atom stereocenters. The van der Waals surface area contributed by atoms with Crippen LogP contribution in [0.25, 0.3) is 0 Å². The molecule has 8 N–H and O–H groups in total. The molecule has 3 amide bonds. The van der Waals surface area contributed by atoms with E-state index in [9.17, 15) is 53.6 Å². The average molecular weight is 808 g/mol. The number of amides is 3. The van der Waals surface area contributed by atoms with Crippen LogP contribution in [-0.2, 0) is 28.8 Å². The number of fused-ring (bicyclic) bond motifs is 1. The monoisotopic (exact) mass is 807 g/mol. The first kappa shape index (κ1) is 40.7. The van der Waals surface area contributed by atoms with Crippen LogP contribution in [0.2, 0.25) is 0 Å². The largest absolute Gasteiger partial charge is 0.504 e. The molecule has 0 spiro atoms. The number of halogens is 1. The van der Waals surface area contributed by atoms with Crippen molar-refractivity contribution < 1.29 is 63.5 Å². The Bertz CT molecular complexity index is 1930. The normalized spacial score (nSPS) is 21.8. The smallest absolute Gasteiger partial charge is 0.352 e. The van der Waals surface area contributed by atoms with Crippen LogP contribution in [0, 0.1) is 5.82 Å². The number of oxime groups is 1. The number of aliphatic carboxylic acids is 3. The van der Waals surface area contributed by atoms with E-state index in [2.05, 4.69) is 15.5 Å². The van der Waals surface area contributed by atoms with Crippen molar-refractivity contribution in [2.75, 3.05) is 31.9 Å². The number of hydrogen-bond donors (Lipinski definition) is 7. The predicted molar refractivity (Wildman–Crippen MR) is 193 cm³/mol. The molecule has 19 nitrogen and oxygen atoms in total. The summed E-state index contributed by atoms with van der Waals surface area (Å²) in [5.74, 6) is -9.76. The number of carbonyl (C=O) groups is 6. The van der Waals surface area contributed by atoms with Gasteiger partial charge in [0.05, 0.1) is 6.42 Å². The Labute approximate surface area is 320 Å². The van der Waals surface area contributed by atoms with Gasteiger partial charge >= 0.3 is 17.9 Å². The molecule has 22 heteroatoms. The molecule has 4 heterocycles. The highest BCUT2D eigenvalue weighted by molar-refractivity contribution is 8.00. The van der Waals surface area contributed by atoms with Crippen LogP contribution in [0.4, 0.5) is 9.52 Å². The average Bonchev–Trinajstić information content (AvgIpc) is 3.76. The molecule has 0 bridgehead atoms. The standard InChI is InChI=1S/C33H38FN7O12S2/c1-3-6-40(28(47)15-8-18(34)26(45)20(42)9-15)11-16-5-4-7-39(16)12-17-14(2)55-30-24(29(48)41(30)25(17)32(51)52)37-27(46)23(19-13-54-33(35)36-19)38-53-21(31(49)50)10-22(43)44/h8-9,13-14,16,21,24,30,42,45H,3-7,10-12H2,1-2H3,(H2,35,36)(H,37,46)(H,43,44)(H,49,50)(H,51,52)/b38-23-/t14-,16-,21-,24+,30+/m0/s1. The number of nitrogens with one attached hydrogen (secondary N) is 1. The van der Waals surface area contributed by atoms with Crippen molar-refractivity contribution in [2.24, 2.45) is 5.16 Å². The predicted octanol–water partition coefficient (Wildman–Crippen LogP) is 1.07. The maximum absolute atomic E-state index is 14.2. The van der Waals surface area contributed by atoms with Gasteiger partial charge in [0.1, 0.15) is 22.8 Å². The molecule has 2 aromatic rings. The van der Waals surface area contributed by atoms with E-state index >= 15 is 0 Å². The molecule has 3 aliphatic heterocycles. The molecule has 0 saturated carbocycles. The van der Waals surface area contributed by atoms with Crippen molar-refractivity contribution in [2.45, 2.75) is 68.3 Å². The fourth-order valence-electron chi connectivity index (χ4n) is 6.53. The van der Waals surface area contributed by atoms with E-state index in [1.807, 2.05) is 11.8 Å². The molecule has 55 heavy (non-hydrogen) atoms. The van der Waals surface area contributed by atoms with Gasteiger partial charge in [0.25, 0.3) is 17.7 Å². The molecular weight excluding hydrogens is 770 g/mol. The first-order chi connectivity index (χ1) is 26.0. The quantitative estimate of drug-likeness (QED) is 0.0540. The number of likely N-dealkylation sites (tertiary alicyclic amines) is 1. The minimum Gasteiger partial charge on any atom is -0.504 e. The first-order valence-electron chi connectivity index (χ1n) is 16.9. The number of carboxylic acids is 3. The first-order valence-corrected chi connectivity index (χ1v) is 18.7. The zero-order valence-electron chi connectivity index (χ0n) is 29.4. The molecule has 0 radical (unpaired) electrons. The number of hydrogen-bond acceptors (Lipinski definition) is 15. The Morgan fingerprint density at radius 1 is 1.20 bits per heavy atom. The number of anilines is 1. The number of benzene rings is 1. The lowest BCUT2D eigenvalue weighted by molar-refractivity contribution is -0.156. The van der Waals surface area contributed by atoms with Gasteiger partial charge in [-0.15, -0.1) is 23.1 Å². The zero-order valence-corrected chi connectivity index (χ0v) is 31.0. The number of nitrogens with zero attached hydrogens (tertiary/aromatic N) is 5. The SMILES string of the molecule is CCCN(C[C@@H]1CCCN1CC1=C(C(=O)O)N2C(=O)[C@@H](NC(=O)/C(=N\O[C@@H](CC(=O)O)C(=O)O)c3csc(N)n3)[C@H]2S[C@H]1C)C(=O)c1cc(O)c(O)c(F)c1. The van der Waals surface area contributed by atoms with E-state index in [0.29, 0.717) is 31.5 Å². The van der Waals surface area contributed by atoms with Gasteiger partial charge in [-0.25, -0.2) is 19.0 Å². The van der Waals surface area contributed by atoms with Crippen molar-refractivity contribution in [3.63, 3.8) is 0 Å². The lowest BCUT2D eigenvalue weighted by Gasteiger charge is -2.51. The van der Waals surface area contributed by atoms with Crippen molar-refractivity contribution in [1.82, 2.24) is 25.0 Å². The number of phenols is 2. The number of carboxylic acid groups (broad SMARTS) is 3. The highest BCUT2D eigenvalue weighted by Gasteiger charge is 2.56. The van der Waals surface area contributed by atoms with E-state index in [1.54, 1.807) is 6.92 Å². The summed E-state index contributed by atoms with van der Waals surface area (Å²) in [5.41, 5.74) is 4.99. The molecule has 1 aromatic heterocycles. The third-order valence-electron chi connectivity index (χ3n) is 9.17. The lowest BCUT2D eigenvalue weighted by Crippen LogP contribution is -2.71. The molecule has 0 aliphatic carbocycles. The van der Waals surface area contributed by atoms with Crippen LogP contribution in [0.1, 0.15) is 55.6 Å². The number of nitrogens with two attached hydrogens (primary N) is 1. The van der Waals surface area contributed by atoms with Gasteiger partial charge < -0.3 is 46.3 Å². The zero-order chi connectivity index (χ0) is 40.3. The van der Waals surface area contributed by atoms with Crippen LogP contribution in [-0.4, -0.2) is 142 Å². The van der Waals surface area contributed by atoms with E-state index in [1.165, 1.54) is 22.0 Å². The second kappa shape index (κ2) is 16.9. The summed E-state index contributed by atoms with van der Waals surface area (Å²) in [6.07, 6.45) is -0.995. The Morgan fingerprint density at radius 3 is 2.53 bits per heavy atom. The summed E-state index contributed by atoms with van der Waals surface area (Å²) in [6, 6.07) is 0.355. The van der Waals surface area contributed by atoms with Gasteiger partial charge in [-0.3, -0.25) is 29.0 Å². The summed E-state index contributed by atoms with van der Waals surface area (Å²) < 4.78 is 14.2. The Kier molecular flexibility index (Phi) is 12.5. The number of thiazole rings is 1. The summed E-state index contributed by atoms with van der Waals surface area (Å²) in [5, 5.41) is 54.3. The number of aromatic nitrogens is 1. The fraction of sp³-hybridized carbons (Fsp3) is 0.455. The van der Waals surface area contributed by atoms with Gasteiger partial charge in [0, 0.05) is 41.9 Å². The van der Waals surface area contributed by atoms with Gasteiger partial charge in [-0.2, -0.15) is 0 Å². The maximum Gasteiger partial charge on any atom is 0.352 e. The number of β-lactam (4-membered cyclic amide) rings is 1. The second-order valence-corrected chi connectivity index (χ2v) is 15.2. The van der Waals surface area contributed by atoms with Crippen LogP contribution in [0.3, 0.4) is 0 Å². The maximum atomic E-state index is 14.2. The van der Waals surface area contributed by atoms with Gasteiger partial charge in [0.15, 0.2) is 28.2 Å². The number of aromatic hydroxyl groups is 2. The number of phenolic OH excluding ortho intramolecular Hbond substituents is 2. The third-order valence-corrected chi connectivity index (χ3v) is 11.3. The minimum absolute atomic E-state index is 0.0140. The van der Waals surface area contributed by atoms with E-state index < -0.39 is 87.8 Å².